The molecular formula is C20H28O5. The fraction of sp³-hybridized carbons (Fsp3) is 0.400. The number of hydrogen-bond donors (Lipinski definition) is 3. The Morgan fingerprint density at radius 2 is 1.56 bits per heavy atom. The van der Waals surface area contributed by atoms with Gasteiger partial charge in [-0.1, -0.05) is 61.6 Å². The highest BCUT2D eigenvalue weighted by atomic mass is 16.4. The van der Waals surface area contributed by atoms with Crippen molar-refractivity contribution in [2.45, 2.75) is 51.2 Å². The van der Waals surface area contributed by atoms with Crippen molar-refractivity contribution >= 4 is 11.8 Å². The summed E-state index contributed by atoms with van der Waals surface area (Å²) in [6.45, 7) is 1.80. The van der Waals surface area contributed by atoms with Crippen LogP contribution in [-0.2, 0) is 9.59 Å². The number of aliphatic hydroxyl groups is 2. The van der Waals surface area contributed by atoms with Crippen LogP contribution in [0.4, 0.5) is 0 Å². The van der Waals surface area contributed by atoms with Gasteiger partial charge in [-0.25, -0.2) is 0 Å². The molecule has 0 rings (SSSR count). The lowest BCUT2D eigenvalue weighted by Gasteiger charge is -2.02. The maximum absolute atomic E-state index is 11.0. The second-order valence-corrected chi connectivity index (χ2v) is 5.42. The van der Waals surface area contributed by atoms with Gasteiger partial charge in [0.05, 0.1) is 12.2 Å². The summed E-state index contributed by atoms with van der Waals surface area (Å²) in [6, 6.07) is 0. The fourth-order valence-corrected chi connectivity index (χ4v) is 1.73. The number of carboxylic acids is 1. The molecule has 0 amide bonds. The summed E-state index contributed by atoms with van der Waals surface area (Å²) in [7, 11) is 0. The molecule has 0 saturated carbocycles. The molecule has 0 fully saturated rings. The van der Waals surface area contributed by atoms with Gasteiger partial charge in [0, 0.05) is 12.8 Å². The minimum atomic E-state index is -0.861. The summed E-state index contributed by atoms with van der Waals surface area (Å²) in [5.74, 6) is -0.796. The Hall–Kier alpha value is -2.24. The van der Waals surface area contributed by atoms with Crippen LogP contribution in [0.1, 0.15) is 39.0 Å². The standard InChI is InChI=1S/C20H28O5/c1-2-17(21)11-8-5-9-14-18(22)12-6-3-4-7-13-19(23)15-10-16-20(24)25/h3-9,11-13,18-19,22-23H,2,10,14-16H2,1H3,(H,24,25). The van der Waals surface area contributed by atoms with E-state index in [-0.39, 0.29) is 12.2 Å². The average Bonchev–Trinajstić information content (AvgIpc) is 2.57. The van der Waals surface area contributed by atoms with Gasteiger partial charge in [-0.3, -0.25) is 9.59 Å². The van der Waals surface area contributed by atoms with E-state index in [1.54, 1.807) is 61.6 Å². The molecule has 25 heavy (non-hydrogen) atoms. The molecule has 0 radical (unpaired) electrons. The molecule has 0 bridgehead atoms. The molecule has 0 aromatic rings. The Balaban J connectivity index is 3.97. The number of aliphatic carboxylic acids is 1. The van der Waals surface area contributed by atoms with E-state index < -0.39 is 18.2 Å². The normalized spacial score (nSPS) is 15.2. The molecule has 0 aliphatic rings. The van der Waals surface area contributed by atoms with Gasteiger partial charge < -0.3 is 15.3 Å². The van der Waals surface area contributed by atoms with Crippen molar-refractivity contribution in [3.05, 3.63) is 60.8 Å². The van der Waals surface area contributed by atoms with Gasteiger partial charge in [-0.2, -0.15) is 0 Å². The van der Waals surface area contributed by atoms with Gasteiger partial charge in [0.1, 0.15) is 0 Å². The van der Waals surface area contributed by atoms with Crippen LogP contribution in [0.5, 0.6) is 0 Å². The van der Waals surface area contributed by atoms with Crippen molar-refractivity contribution in [2.24, 2.45) is 0 Å². The second-order valence-electron chi connectivity index (χ2n) is 5.42. The predicted molar refractivity (Wildman–Crippen MR) is 99.1 cm³/mol. The summed E-state index contributed by atoms with van der Waals surface area (Å²) in [5, 5.41) is 27.8. The van der Waals surface area contributed by atoms with Crippen LogP contribution in [0.2, 0.25) is 0 Å². The molecule has 0 saturated heterocycles. The number of ketones is 1. The topological polar surface area (TPSA) is 94.8 Å². The Morgan fingerprint density at radius 3 is 2.16 bits per heavy atom. The van der Waals surface area contributed by atoms with Crippen LogP contribution in [0.25, 0.3) is 0 Å². The first-order valence-corrected chi connectivity index (χ1v) is 8.41. The summed E-state index contributed by atoms with van der Waals surface area (Å²) in [4.78, 5) is 21.4. The molecule has 2 unspecified atom stereocenters. The van der Waals surface area contributed by atoms with Crippen molar-refractivity contribution in [3.63, 3.8) is 0 Å². The first-order valence-electron chi connectivity index (χ1n) is 8.41. The Bertz CT molecular complexity index is 526. The monoisotopic (exact) mass is 348 g/mol. The van der Waals surface area contributed by atoms with Crippen molar-refractivity contribution in [2.75, 3.05) is 0 Å². The molecule has 138 valence electrons. The molecule has 2 atom stereocenters. The first-order chi connectivity index (χ1) is 12.0. The third-order valence-electron chi connectivity index (χ3n) is 3.15. The lowest BCUT2D eigenvalue weighted by molar-refractivity contribution is -0.137. The molecule has 0 aromatic heterocycles. The van der Waals surface area contributed by atoms with Crippen LogP contribution in [-0.4, -0.2) is 39.3 Å². The molecular weight excluding hydrogens is 320 g/mol. The zero-order chi connectivity index (χ0) is 18.9. The van der Waals surface area contributed by atoms with Gasteiger partial charge in [0.15, 0.2) is 5.78 Å². The van der Waals surface area contributed by atoms with E-state index in [0.29, 0.717) is 25.7 Å². The summed E-state index contributed by atoms with van der Waals surface area (Å²) < 4.78 is 0. The highest BCUT2D eigenvalue weighted by Crippen LogP contribution is 2.02. The minimum Gasteiger partial charge on any atom is -0.481 e. The van der Waals surface area contributed by atoms with Crippen LogP contribution < -0.4 is 0 Å². The van der Waals surface area contributed by atoms with Gasteiger partial charge in [-0.15, -0.1) is 0 Å². The largest absolute Gasteiger partial charge is 0.481 e. The maximum Gasteiger partial charge on any atom is 0.303 e. The van der Waals surface area contributed by atoms with Crippen LogP contribution in [0.3, 0.4) is 0 Å². The number of aliphatic hydroxyl groups excluding tert-OH is 2. The lowest BCUT2D eigenvalue weighted by atomic mass is 10.1. The summed E-state index contributed by atoms with van der Waals surface area (Å²) >= 11 is 0. The van der Waals surface area contributed by atoms with E-state index in [2.05, 4.69) is 0 Å². The molecule has 3 N–H and O–H groups in total. The molecule has 5 nitrogen and oxygen atoms in total. The maximum atomic E-state index is 11.0. The van der Waals surface area contributed by atoms with Gasteiger partial charge in [-0.05, 0) is 25.3 Å². The first kappa shape index (κ1) is 22.8. The Morgan fingerprint density at radius 1 is 0.920 bits per heavy atom. The molecule has 0 aliphatic heterocycles. The summed E-state index contributed by atoms with van der Waals surface area (Å²) in [6.07, 6.45) is 17.3. The number of carbonyl (C=O) groups is 2. The van der Waals surface area contributed by atoms with E-state index in [1.165, 1.54) is 6.08 Å². The average molecular weight is 348 g/mol. The predicted octanol–water partition coefficient (Wildman–Crippen LogP) is 3.11. The highest BCUT2D eigenvalue weighted by molar-refractivity contribution is 5.89. The van der Waals surface area contributed by atoms with Crippen LogP contribution >= 0.6 is 0 Å². The SMILES string of the molecule is CCC(=O)C=CC=CCC(O)C=CC=CC=CC(O)CCCC(=O)O. The minimum absolute atomic E-state index is 0.0561. The fourth-order valence-electron chi connectivity index (χ4n) is 1.73. The molecule has 0 aromatic carbocycles. The Kier molecular flexibility index (Phi) is 13.9. The summed E-state index contributed by atoms with van der Waals surface area (Å²) in [5.41, 5.74) is 0. The number of carboxylic acid groups (broad SMARTS) is 1. The van der Waals surface area contributed by atoms with Crippen molar-refractivity contribution in [3.8, 4) is 0 Å². The van der Waals surface area contributed by atoms with E-state index in [0.717, 1.165) is 0 Å². The smallest absolute Gasteiger partial charge is 0.303 e. The van der Waals surface area contributed by atoms with E-state index in [9.17, 15) is 19.8 Å². The van der Waals surface area contributed by atoms with Crippen molar-refractivity contribution < 1.29 is 24.9 Å². The third-order valence-corrected chi connectivity index (χ3v) is 3.15. The number of carbonyl (C=O) groups excluding carboxylic acids is 1. The zero-order valence-electron chi connectivity index (χ0n) is 14.6. The van der Waals surface area contributed by atoms with E-state index in [4.69, 9.17) is 5.11 Å². The number of allylic oxidation sites excluding steroid dienone is 7. The molecule has 0 aliphatic carbocycles. The van der Waals surface area contributed by atoms with Crippen molar-refractivity contribution in [1.82, 2.24) is 0 Å². The van der Waals surface area contributed by atoms with Gasteiger partial charge >= 0.3 is 5.97 Å². The zero-order valence-corrected chi connectivity index (χ0v) is 14.6. The van der Waals surface area contributed by atoms with Crippen LogP contribution in [0.15, 0.2) is 60.8 Å². The highest BCUT2D eigenvalue weighted by Gasteiger charge is 2.01. The third kappa shape index (κ3) is 16.4. The molecule has 5 heteroatoms. The quantitative estimate of drug-likeness (QED) is 0.351. The lowest BCUT2D eigenvalue weighted by Crippen LogP contribution is -2.03. The van der Waals surface area contributed by atoms with Gasteiger partial charge in [0.2, 0.25) is 0 Å². The van der Waals surface area contributed by atoms with E-state index >= 15 is 0 Å². The van der Waals surface area contributed by atoms with E-state index in [1.807, 2.05) is 0 Å². The molecule has 0 spiro atoms. The number of hydrogen-bond acceptors (Lipinski definition) is 4. The van der Waals surface area contributed by atoms with Crippen molar-refractivity contribution in [1.29, 1.82) is 0 Å². The van der Waals surface area contributed by atoms with Gasteiger partial charge in [0.25, 0.3) is 0 Å². The second kappa shape index (κ2) is 15.3. The number of rotatable bonds is 13. The molecule has 0 heterocycles. The Labute approximate surface area is 149 Å². The van der Waals surface area contributed by atoms with Crippen LogP contribution in [0, 0.1) is 0 Å².